The Morgan fingerprint density at radius 2 is 1.78 bits per heavy atom. The number of benzene rings is 1. The van der Waals surface area contributed by atoms with Gasteiger partial charge in [-0.25, -0.2) is 9.69 Å². The first-order valence-electron chi connectivity index (χ1n) is 8.65. The van der Waals surface area contributed by atoms with Crippen LogP contribution in [0.25, 0.3) is 0 Å². The van der Waals surface area contributed by atoms with Gasteiger partial charge in [-0.15, -0.1) is 0 Å². The molecule has 6 nitrogen and oxygen atoms in total. The lowest BCUT2D eigenvalue weighted by atomic mass is 9.87. The van der Waals surface area contributed by atoms with Gasteiger partial charge in [0.05, 0.1) is 11.4 Å². The molecule has 3 aromatic rings. The number of primary amides is 1. The summed E-state index contributed by atoms with van der Waals surface area (Å²) in [6.45, 7) is 6.24. The fourth-order valence-electron chi connectivity index (χ4n) is 2.44. The summed E-state index contributed by atoms with van der Waals surface area (Å²) >= 11 is 1.61. The van der Waals surface area contributed by atoms with Crippen molar-refractivity contribution in [1.29, 1.82) is 0 Å². The highest BCUT2D eigenvalue weighted by atomic mass is 32.2. The number of amides is 2. The van der Waals surface area contributed by atoms with Crippen LogP contribution < -0.4 is 10.6 Å². The monoisotopic (exact) mass is 382 g/mol. The SMILES string of the molecule is CCC(C)(C)c1cc(N(C(N)=O)c2ccc(Sc3ccncc3)cc2)on1. The summed E-state index contributed by atoms with van der Waals surface area (Å²) in [5.41, 5.74) is 6.87. The minimum atomic E-state index is -0.624. The summed E-state index contributed by atoms with van der Waals surface area (Å²) in [6, 6.07) is 12.6. The van der Waals surface area contributed by atoms with E-state index in [2.05, 4.69) is 30.9 Å². The smallest absolute Gasteiger partial charge is 0.326 e. The third kappa shape index (κ3) is 4.31. The molecule has 2 N–H and O–H groups in total. The van der Waals surface area contributed by atoms with Gasteiger partial charge in [0.2, 0.25) is 5.88 Å². The maximum atomic E-state index is 12.1. The van der Waals surface area contributed by atoms with Crippen LogP contribution in [-0.4, -0.2) is 16.2 Å². The highest BCUT2D eigenvalue weighted by Gasteiger charge is 2.26. The molecule has 2 aromatic heterocycles. The molecule has 140 valence electrons. The van der Waals surface area contributed by atoms with Crippen LogP contribution in [0.2, 0.25) is 0 Å². The second kappa shape index (κ2) is 7.84. The topological polar surface area (TPSA) is 85.2 Å². The number of rotatable bonds is 6. The molecule has 0 aliphatic heterocycles. The van der Waals surface area contributed by atoms with Crippen LogP contribution in [0.1, 0.15) is 32.9 Å². The van der Waals surface area contributed by atoms with Crippen molar-refractivity contribution < 1.29 is 9.32 Å². The number of aromatic nitrogens is 2. The summed E-state index contributed by atoms with van der Waals surface area (Å²) in [7, 11) is 0. The van der Waals surface area contributed by atoms with Gasteiger partial charge in [0.1, 0.15) is 0 Å². The van der Waals surface area contributed by atoms with Gasteiger partial charge < -0.3 is 10.3 Å². The number of carbonyl (C=O) groups excluding carboxylic acids is 1. The molecule has 0 atom stereocenters. The lowest BCUT2D eigenvalue weighted by Gasteiger charge is -2.19. The second-order valence-electron chi connectivity index (χ2n) is 6.74. The lowest BCUT2D eigenvalue weighted by Crippen LogP contribution is -2.31. The fraction of sp³-hybridized carbons (Fsp3) is 0.250. The van der Waals surface area contributed by atoms with Crippen molar-refractivity contribution in [1.82, 2.24) is 10.1 Å². The standard InChI is InChI=1S/C20H22N4O2S/c1-4-20(2,3)17-13-18(26-23-17)24(19(21)25)14-5-7-15(8-6-14)27-16-9-11-22-12-10-16/h5-13H,4H2,1-3H3,(H2,21,25). The van der Waals surface area contributed by atoms with Gasteiger partial charge in [0.25, 0.3) is 0 Å². The first-order valence-corrected chi connectivity index (χ1v) is 9.47. The summed E-state index contributed by atoms with van der Waals surface area (Å²) in [5.74, 6) is 0.313. The molecule has 27 heavy (non-hydrogen) atoms. The zero-order valence-electron chi connectivity index (χ0n) is 15.5. The van der Waals surface area contributed by atoms with Crippen molar-refractivity contribution in [2.24, 2.45) is 5.73 Å². The molecule has 0 spiro atoms. The van der Waals surface area contributed by atoms with Gasteiger partial charge in [-0.05, 0) is 42.8 Å². The molecule has 0 bridgehead atoms. The van der Waals surface area contributed by atoms with Gasteiger partial charge >= 0.3 is 6.03 Å². The van der Waals surface area contributed by atoms with Crippen molar-refractivity contribution in [2.45, 2.75) is 42.4 Å². The molecular weight excluding hydrogens is 360 g/mol. The molecule has 0 aliphatic carbocycles. The Kier molecular flexibility index (Phi) is 5.51. The lowest BCUT2D eigenvalue weighted by molar-refractivity contribution is 0.254. The van der Waals surface area contributed by atoms with Crippen LogP contribution in [0.5, 0.6) is 0 Å². The van der Waals surface area contributed by atoms with Crippen molar-refractivity contribution >= 4 is 29.4 Å². The van der Waals surface area contributed by atoms with E-state index < -0.39 is 6.03 Å². The van der Waals surface area contributed by atoms with E-state index in [9.17, 15) is 4.79 Å². The molecular formula is C20H22N4O2S. The maximum Gasteiger partial charge on any atom is 0.326 e. The normalized spacial score (nSPS) is 11.4. The molecule has 3 rings (SSSR count). The Bertz CT molecular complexity index is 907. The molecule has 7 heteroatoms. The summed E-state index contributed by atoms with van der Waals surface area (Å²) in [5, 5.41) is 4.13. The van der Waals surface area contributed by atoms with Gasteiger partial charge in [-0.1, -0.05) is 37.7 Å². The Labute approximate surface area is 162 Å². The number of hydrogen-bond acceptors (Lipinski definition) is 5. The van der Waals surface area contributed by atoms with E-state index in [0.717, 1.165) is 21.9 Å². The summed E-state index contributed by atoms with van der Waals surface area (Å²) < 4.78 is 5.42. The number of pyridine rings is 1. The van der Waals surface area contributed by atoms with E-state index in [1.807, 2.05) is 36.4 Å². The van der Waals surface area contributed by atoms with Crippen LogP contribution in [0.4, 0.5) is 16.4 Å². The highest BCUT2D eigenvalue weighted by molar-refractivity contribution is 7.99. The van der Waals surface area contributed by atoms with Gasteiger partial charge in [-0.3, -0.25) is 4.98 Å². The van der Waals surface area contributed by atoms with E-state index in [0.29, 0.717) is 11.6 Å². The first-order chi connectivity index (χ1) is 12.9. The quantitative estimate of drug-likeness (QED) is 0.639. The van der Waals surface area contributed by atoms with E-state index in [-0.39, 0.29) is 5.41 Å². The minimum absolute atomic E-state index is 0.143. The van der Waals surface area contributed by atoms with E-state index >= 15 is 0 Å². The maximum absolute atomic E-state index is 12.1. The Morgan fingerprint density at radius 3 is 2.37 bits per heavy atom. The molecule has 1 aromatic carbocycles. The second-order valence-corrected chi connectivity index (χ2v) is 7.89. The molecule has 0 saturated heterocycles. The molecule has 0 unspecified atom stereocenters. The molecule has 2 amide bonds. The third-order valence-corrected chi connectivity index (χ3v) is 5.51. The minimum Gasteiger partial charge on any atom is -0.351 e. The number of carbonyl (C=O) groups is 1. The largest absolute Gasteiger partial charge is 0.351 e. The summed E-state index contributed by atoms with van der Waals surface area (Å²) in [4.78, 5) is 19.5. The van der Waals surface area contributed by atoms with E-state index in [1.54, 1.807) is 30.2 Å². The average molecular weight is 382 g/mol. The van der Waals surface area contributed by atoms with Crippen LogP contribution >= 0.6 is 11.8 Å². The fourth-order valence-corrected chi connectivity index (χ4v) is 3.24. The van der Waals surface area contributed by atoms with Crippen LogP contribution in [0.15, 0.2) is 69.2 Å². The highest BCUT2D eigenvalue weighted by Crippen LogP contribution is 2.34. The molecule has 0 fully saturated rings. The predicted octanol–water partition coefficient (Wildman–Crippen LogP) is 5.13. The first kappa shape index (κ1) is 19.0. The van der Waals surface area contributed by atoms with Gasteiger partial charge in [0, 0.05) is 33.7 Å². The molecule has 0 aliphatic rings. The summed E-state index contributed by atoms with van der Waals surface area (Å²) in [6.07, 6.45) is 4.41. The average Bonchev–Trinajstić information content (AvgIpc) is 3.14. The van der Waals surface area contributed by atoms with Crippen LogP contribution in [-0.2, 0) is 5.41 Å². The number of nitrogens with two attached hydrogens (primary N) is 1. The Hall–Kier alpha value is -2.80. The van der Waals surface area contributed by atoms with Crippen LogP contribution in [0.3, 0.4) is 0 Å². The predicted molar refractivity (Wildman–Crippen MR) is 106 cm³/mol. The van der Waals surface area contributed by atoms with Crippen LogP contribution in [0, 0.1) is 0 Å². The Balaban J connectivity index is 1.84. The molecule has 2 heterocycles. The number of nitrogens with zero attached hydrogens (tertiary/aromatic N) is 3. The van der Waals surface area contributed by atoms with E-state index in [4.69, 9.17) is 10.3 Å². The van der Waals surface area contributed by atoms with Crippen molar-refractivity contribution in [3.8, 4) is 0 Å². The molecule has 0 saturated carbocycles. The van der Waals surface area contributed by atoms with Crippen molar-refractivity contribution in [3.63, 3.8) is 0 Å². The number of anilines is 2. The van der Waals surface area contributed by atoms with E-state index in [1.165, 1.54) is 4.90 Å². The zero-order chi connectivity index (χ0) is 19.4. The molecule has 0 radical (unpaired) electrons. The Morgan fingerprint density at radius 1 is 1.15 bits per heavy atom. The number of urea groups is 1. The van der Waals surface area contributed by atoms with Crippen molar-refractivity contribution in [2.75, 3.05) is 4.90 Å². The van der Waals surface area contributed by atoms with Gasteiger partial charge in [-0.2, -0.15) is 0 Å². The van der Waals surface area contributed by atoms with Gasteiger partial charge in [0.15, 0.2) is 0 Å². The zero-order valence-corrected chi connectivity index (χ0v) is 16.4. The van der Waals surface area contributed by atoms with Crippen molar-refractivity contribution in [3.05, 3.63) is 60.6 Å². The number of hydrogen-bond donors (Lipinski definition) is 1. The third-order valence-electron chi connectivity index (χ3n) is 4.50.